The van der Waals surface area contributed by atoms with Gasteiger partial charge in [0, 0.05) is 22.5 Å². The van der Waals surface area contributed by atoms with E-state index < -0.39 is 17.6 Å². The van der Waals surface area contributed by atoms with Crippen molar-refractivity contribution in [2.45, 2.75) is 6.18 Å². The fraction of sp³-hybridized carbons (Fsp3) is 0.0714. The van der Waals surface area contributed by atoms with E-state index in [9.17, 15) is 18.0 Å². The lowest BCUT2D eigenvalue weighted by Gasteiger charge is -2.08. The summed E-state index contributed by atoms with van der Waals surface area (Å²) in [6.07, 6.45) is -1.12. The van der Waals surface area contributed by atoms with Gasteiger partial charge in [-0.2, -0.15) is 13.2 Å². The first-order valence-electron chi connectivity index (χ1n) is 6.20. The lowest BCUT2D eigenvalue weighted by molar-refractivity contribution is -0.137. The van der Waals surface area contributed by atoms with Crippen LogP contribution in [-0.4, -0.2) is 10.5 Å². The van der Waals surface area contributed by atoms with Gasteiger partial charge in [-0.1, -0.05) is 0 Å². The molecule has 3 N–H and O–H groups in total. The first-order chi connectivity index (χ1) is 10.4. The number of alkyl halides is 3. The van der Waals surface area contributed by atoms with Crippen LogP contribution in [0.4, 0.5) is 13.2 Å². The molecule has 1 aromatic carbocycles. The van der Waals surface area contributed by atoms with Gasteiger partial charge in [0.2, 0.25) is 0 Å². The zero-order valence-corrected chi connectivity index (χ0v) is 11.8. The first-order valence-corrected chi connectivity index (χ1v) is 7.01. The van der Waals surface area contributed by atoms with Gasteiger partial charge in [0.25, 0.3) is 5.91 Å². The molecule has 0 radical (unpaired) electrons. The van der Waals surface area contributed by atoms with Crippen LogP contribution >= 0.6 is 11.3 Å². The average molecular weight is 325 g/mol. The summed E-state index contributed by atoms with van der Waals surface area (Å²) in [6.45, 7) is 0. The van der Waals surface area contributed by atoms with Crippen molar-refractivity contribution in [2.75, 3.05) is 0 Å². The predicted molar refractivity (Wildman–Crippen MR) is 77.8 cm³/mol. The molecule has 0 bridgehead atoms. The number of nitrogens with two attached hydrogens (primary N) is 1. The van der Waals surface area contributed by atoms with E-state index in [0.29, 0.717) is 15.8 Å². The zero-order chi connectivity index (χ0) is 15.9. The lowest BCUT2D eigenvalue weighted by atomic mass is 10.1. The topological polar surface area (TPSA) is 60.0 Å². The SMILES string of the molecule is NNC(=O)c1sc2ccc(C(F)(F)F)cc2c1-n1cccc1. The van der Waals surface area contributed by atoms with E-state index in [1.54, 1.807) is 29.1 Å². The summed E-state index contributed by atoms with van der Waals surface area (Å²) in [5.41, 5.74) is 1.65. The molecule has 0 saturated carbocycles. The third kappa shape index (κ3) is 2.36. The number of aromatic nitrogens is 1. The Morgan fingerprint density at radius 2 is 1.91 bits per heavy atom. The highest BCUT2D eigenvalue weighted by Gasteiger charge is 2.31. The highest BCUT2D eigenvalue weighted by molar-refractivity contribution is 7.21. The number of rotatable bonds is 2. The molecule has 0 unspecified atom stereocenters. The van der Waals surface area contributed by atoms with E-state index >= 15 is 0 Å². The number of benzene rings is 1. The van der Waals surface area contributed by atoms with Crippen molar-refractivity contribution in [3.63, 3.8) is 0 Å². The largest absolute Gasteiger partial charge is 0.416 e. The highest BCUT2D eigenvalue weighted by atomic mass is 32.1. The standard InChI is InChI=1S/C14H10F3N3OS/c15-14(16,17)8-3-4-10-9(7-8)11(20-5-1-2-6-20)12(22-10)13(21)19-18/h1-7H,18H2,(H,19,21). The van der Waals surface area contributed by atoms with E-state index in [1.807, 2.05) is 5.43 Å². The third-order valence-corrected chi connectivity index (χ3v) is 4.35. The average Bonchev–Trinajstić information content (AvgIpc) is 3.11. The molecular formula is C14H10F3N3OS. The molecule has 0 spiro atoms. The molecule has 0 aliphatic heterocycles. The van der Waals surface area contributed by atoms with Gasteiger partial charge in [-0.3, -0.25) is 10.2 Å². The number of hydrazine groups is 1. The van der Waals surface area contributed by atoms with Crippen molar-refractivity contribution in [3.05, 3.63) is 53.2 Å². The summed E-state index contributed by atoms with van der Waals surface area (Å²) in [5.74, 6) is 4.62. The maximum Gasteiger partial charge on any atom is 0.416 e. The molecule has 22 heavy (non-hydrogen) atoms. The van der Waals surface area contributed by atoms with E-state index in [0.717, 1.165) is 23.5 Å². The first kappa shape index (κ1) is 14.6. The third-order valence-electron chi connectivity index (χ3n) is 3.19. The van der Waals surface area contributed by atoms with Crippen LogP contribution in [0.15, 0.2) is 42.7 Å². The zero-order valence-electron chi connectivity index (χ0n) is 11.0. The number of amides is 1. The lowest BCUT2D eigenvalue weighted by Crippen LogP contribution is -2.30. The van der Waals surface area contributed by atoms with E-state index in [4.69, 9.17) is 5.84 Å². The van der Waals surface area contributed by atoms with Crippen LogP contribution < -0.4 is 11.3 Å². The summed E-state index contributed by atoms with van der Waals surface area (Å²) < 4.78 is 40.9. The summed E-state index contributed by atoms with van der Waals surface area (Å²) in [4.78, 5) is 12.2. The Labute approximate surface area is 126 Å². The number of nitrogen functional groups attached to an aromatic ring is 1. The second-order valence-electron chi connectivity index (χ2n) is 4.55. The Morgan fingerprint density at radius 3 is 2.50 bits per heavy atom. The van der Waals surface area contributed by atoms with Crippen molar-refractivity contribution in [1.29, 1.82) is 0 Å². The van der Waals surface area contributed by atoms with Crippen molar-refractivity contribution < 1.29 is 18.0 Å². The molecule has 8 heteroatoms. The minimum atomic E-state index is -4.44. The molecule has 0 fully saturated rings. The van der Waals surface area contributed by atoms with Crippen LogP contribution in [0.5, 0.6) is 0 Å². The summed E-state index contributed by atoms with van der Waals surface area (Å²) in [7, 11) is 0. The fourth-order valence-electron chi connectivity index (χ4n) is 2.22. The van der Waals surface area contributed by atoms with Gasteiger partial charge in [-0.15, -0.1) is 11.3 Å². The van der Waals surface area contributed by atoms with Gasteiger partial charge in [0.15, 0.2) is 0 Å². The van der Waals surface area contributed by atoms with Gasteiger partial charge in [0.05, 0.1) is 11.3 Å². The smallest absolute Gasteiger partial charge is 0.322 e. The highest BCUT2D eigenvalue weighted by Crippen LogP contribution is 2.38. The van der Waals surface area contributed by atoms with Crippen LogP contribution in [0.3, 0.4) is 0 Å². The molecule has 1 amide bonds. The van der Waals surface area contributed by atoms with Gasteiger partial charge in [0.1, 0.15) is 4.88 Å². The fourth-order valence-corrected chi connectivity index (χ4v) is 3.31. The molecule has 0 aliphatic carbocycles. The van der Waals surface area contributed by atoms with E-state index in [2.05, 4.69) is 0 Å². The number of halogens is 3. The van der Waals surface area contributed by atoms with Crippen molar-refractivity contribution in [3.8, 4) is 5.69 Å². The molecule has 3 aromatic rings. The van der Waals surface area contributed by atoms with Gasteiger partial charge in [-0.25, -0.2) is 5.84 Å². The normalized spacial score (nSPS) is 11.8. The molecule has 114 valence electrons. The Kier molecular flexibility index (Phi) is 3.42. The predicted octanol–water partition coefficient (Wildman–Crippen LogP) is 3.31. The summed E-state index contributed by atoms with van der Waals surface area (Å²) >= 11 is 1.09. The molecular weight excluding hydrogens is 315 g/mol. The molecule has 0 saturated heterocycles. The number of hydrogen-bond acceptors (Lipinski definition) is 3. The number of hydrogen-bond donors (Lipinski definition) is 2. The maximum absolute atomic E-state index is 12.9. The Hall–Kier alpha value is -2.32. The molecule has 4 nitrogen and oxygen atoms in total. The molecule has 2 heterocycles. The minimum absolute atomic E-state index is 0.257. The van der Waals surface area contributed by atoms with Crippen LogP contribution in [0.2, 0.25) is 0 Å². The van der Waals surface area contributed by atoms with Gasteiger partial charge < -0.3 is 4.57 Å². The second kappa shape index (κ2) is 5.15. The van der Waals surface area contributed by atoms with Gasteiger partial charge >= 0.3 is 6.18 Å². The molecule has 2 aromatic heterocycles. The number of carbonyl (C=O) groups is 1. The second-order valence-corrected chi connectivity index (χ2v) is 5.60. The Morgan fingerprint density at radius 1 is 1.23 bits per heavy atom. The Bertz CT molecular complexity index is 837. The van der Waals surface area contributed by atoms with Crippen molar-refractivity contribution in [2.24, 2.45) is 5.84 Å². The number of nitrogens with zero attached hydrogens (tertiary/aromatic N) is 1. The molecule has 3 rings (SSSR count). The van der Waals surface area contributed by atoms with Crippen LogP contribution in [0.25, 0.3) is 15.8 Å². The van der Waals surface area contributed by atoms with E-state index in [-0.39, 0.29) is 4.88 Å². The Balaban J connectivity index is 2.33. The van der Waals surface area contributed by atoms with Crippen molar-refractivity contribution >= 4 is 27.3 Å². The number of fused-ring (bicyclic) bond motifs is 1. The molecule has 0 atom stereocenters. The monoisotopic (exact) mass is 325 g/mol. The number of nitrogens with one attached hydrogen (secondary N) is 1. The minimum Gasteiger partial charge on any atom is -0.322 e. The number of thiophene rings is 1. The summed E-state index contributed by atoms with van der Waals surface area (Å²) in [6, 6.07) is 6.86. The van der Waals surface area contributed by atoms with Crippen LogP contribution in [-0.2, 0) is 6.18 Å². The maximum atomic E-state index is 12.9. The quantitative estimate of drug-likeness (QED) is 0.431. The number of carbonyl (C=O) groups excluding carboxylic acids is 1. The molecule has 0 aliphatic rings. The van der Waals surface area contributed by atoms with E-state index in [1.165, 1.54) is 6.07 Å². The van der Waals surface area contributed by atoms with Crippen LogP contribution in [0.1, 0.15) is 15.2 Å². The van der Waals surface area contributed by atoms with Gasteiger partial charge in [-0.05, 0) is 30.3 Å². The van der Waals surface area contributed by atoms with Crippen LogP contribution in [0, 0.1) is 0 Å². The summed E-state index contributed by atoms with van der Waals surface area (Å²) in [5, 5.41) is 0.356. The van der Waals surface area contributed by atoms with Crippen molar-refractivity contribution in [1.82, 2.24) is 9.99 Å².